The molecule has 0 fully saturated rings. The van der Waals surface area contributed by atoms with Gasteiger partial charge in [-0.3, -0.25) is 14.8 Å². The van der Waals surface area contributed by atoms with Gasteiger partial charge in [-0.2, -0.15) is 13.2 Å². The summed E-state index contributed by atoms with van der Waals surface area (Å²) < 4.78 is 46.1. The van der Waals surface area contributed by atoms with Crippen molar-refractivity contribution in [3.05, 3.63) is 83.2 Å². The summed E-state index contributed by atoms with van der Waals surface area (Å²) in [5.74, 6) is 0.448. The van der Waals surface area contributed by atoms with Crippen molar-refractivity contribution >= 4 is 22.5 Å². The van der Waals surface area contributed by atoms with E-state index in [0.29, 0.717) is 52.0 Å². The number of hydrogen-bond donors (Lipinski definition) is 1. The molecule has 1 aliphatic rings. The first kappa shape index (κ1) is 24.5. The van der Waals surface area contributed by atoms with Crippen molar-refractivity contribution in [3.8, 4) is 17.0 Å². The number of para-hydroxylation sites is 1. The number of carbonyl (C=O) groups excluding carboxylic acids is 1. The molecule has 6 nitrogen and oxygen atoms in total. The van der Waals surface area contributed by atoms with Crippen LogP contribution in [0.25, 0.3) is 22.2 Å². The maximum atomic E-state index is 13.5. The maximum absolute atomic E-state index is 13.5. The van der Waals surface area contributed by atoms with Crippen LogP contribution in [0.5, 0.6) is 5.75 Å². The molecule has 37 heavy (non-hydrogen) atoms. The van der Waals surface area contributed by atoms with Crippen LogP contribution in [-0.2, 0) is 6.18 Å². The number of benzene rings is 2. The van der Waals surface area contributed by atoms with E-state index in [1.165, 1.54) is 12.4 Å². The molecule has 4 aromatic rings. The van der Waals surface area contributed by atoms with Crippen molar-refractivity contribution in [2.45, 2.75) is 25.6 Å². The van der Waals surface area contributed by atoms with E-state index in [0.717, 1.165) is 23.4 Å². The highest BCUT2D eigenvalue weighted by atomic mass is 19.4. The molecule has 0 saturated heterocycles. The molecule has 2 aromatic heterocycles. The zero-order valence-corrected chi connectivity index (χ0v) is 20.6. The lowest BCUT2D eigenvalue weighted by molar-refractivity contribution is -0.137. The molecular formula is C28H25F3N4O2. The first-order chi connectivity index (χ1) is 17.6. The highest BCUT2D eigenvalue weighted by Crippen LogP contribution is 2.37. The van der Waals surface area contributed by atoms with E-state index in [2.05, 4.69) is 15.3 Å². The number of carbonyl (C=O) groups is 1. The van der Waals surface area contributed by atoms with Crippen LogP contribution in [0.2, 0.25) is 0 Å². The van der Waals surface area contributed by atoms with Crippen LogP contribution in [0, 0.1) is 6.92 Å². The van der Waals surface area contributed by atoms with Crippen LogP contribution < -0.4 is 15.0 Å². The number of alkyl halides is 3. The second-order valence-corrected chi connectivity index (χ2v) is 9.26. The monoisotopic (exact) mass is 506 g/mol. The van der Waals surface area contributed by atoms with Gasteiger partial charge < -0.3 is 15.0 Å². The van der Waals surface area contributed by atoms with Crippen LogP contribution in [0.15, 0.2) is 60.9 Å². The van der Waals surface area contributed by atoms with Gasteiger partial charge in [0.1, 0.15) is 5.75 Å². The number of hydrogen-bond acceptors (Lipinski definition) is 5. The molecule has 2 aromatic carbocycles. The third-order valence-corrected chi connectivity index (χ3v) is 6.39. The first-order valence-corrected chi connectivity index (χ1v) is 11.8. The zero-order chi connectivity index (χ0) is 26.3. The Morgan fingerprint density at radius 2 is 1.89 bits per heavy atom. The SMILES string of the molecule is Cc1cc(-c2nccc3c(N(C)C)c(C(=O)N[C@H]4CCOc5ccccc54)cnc23)cc(C(F)(F)F)c1. The molecule has 0 aliphatic carbocycles. The van der Waals surface area contributed by atoms with Gasteiger partial charge in [0.25, 0.3) is 5.91 Å². The van der Waals surface area contributed by atoms with Crippen LogP contribution >= 0.6 is 0 Å². The Hall–Kier alpha value is -4.14. The summed E-state index contributed by atoms with van der Waals surface area (Å²) >= 11 is 0. The van der Waals surface area contributed by atoms with Gasteiger partial charge in [-0.1, -0.05) is 18.2 Å². The highest BCUT2D eigenvalue weighted by molar-refractivity contribution is 6.09. The van der Waals surface area contributed by atoms with Gasteiger partial charge in [0.15, 0.2) is 0 Å². The zero-order valence-electron chi connectivity index (χ0n) is 20.6. The highest BCUT2D eigenvalue weighted by Gasteiger charge is 2.31. The quantitative estimate of drug-likeness (QED) is 0.371. The van der Waals surface area contributed by atoms with E-state index in [1.807, 2.05) is 38.4 Å². The van der Waals surface area contributed by atoms with Gasteiger partial charge >= 0.3 is 6.18 Å². The van der Waals surface area contributed by atoms with Crippen molar-refractivity contribution in [3.63, 3.8) is 0 Å². The van der Waals surface area contributed by atoms with Gasteiger partial charge in [-0.05, 0) is 42.8 Å². The number of aryl methyl sites for hydroxylation is 1. The average molecular weight is 507 g/mol. The lowest BCUT2D eigenvalue weighted by atomic mass is 9.99. The summed E-state index contributed by atoms with van der Waals surface area (Å²) in [6.45, 7) is 2.10. The van der Waals surface area contributed by atoms with Crippen LogP contribution in [0.4, 0.5) is 18.9 Å². The molecule has 0 bridgehead atoms. The van der Waals surface area contributed by atoms with Crippen LogP contribution in [0.1, 0.15) is 39.5 Å². The Balaban J connectivity index is 1.58. The number of pyridine rings is 2. The van der Waals surface area contributed by atoms with Crippen molar-refractivity contribution in [2.24, 2.45) is 0 Å². The summed E-state index contributed by atoms with van der Waals surface area (Å²) in [4.78, 5) is 24.2. The molecule has 9 heteroatoms. The summed E-state index contributed by atoms with van der Waals surface area (Å²) in [7, 11) is 3.62. The van der Waals surface area contributed by atoms with Crippen LogP contribution in [-0.4, -0.2) is 36.6 Å². The van der Waals surface area contributed by atoms with Gasteiger partial charge in [-0.15, -0.1) is 0 Å². The van der Waals surface area contributed by atoms with Gasteiger partial charge in [0.05, 0.1) is 40.7 Å². The normalized spacial score (nSPS) is 15.1. The number of amides is 1. The number of aromatic nitrogens is 2. The number of fused-ring (bicyclic) bond motifs is 2. The molecule has 0 saturated carbocycles. The second-order valence-electron chi connectivity index (χ2n) is 9.26. The van der Waals surface area contributed by atoms with Crippen molar-refractivity contribution in [2.75, 3.05) is 25.6 Å². The number of halogens is 3. The number of ether oxygens (including phenoxy) is 1. The molecule has 1 atom stereocenters. The molecule has 190 valence electrons. The van der Waals surface area contributed by atoms with E-state index in [1.54, 1.807) is 24.0 Å². The molecule has 1 amide bonds. The van der Waals surface area contributed by atoms with Gasteiger partial charge in [0.2, 0.25) is 0 Å². The summed E-state index contributed by atoms with van der Waals surface area (Å²) in [5, 5.41) is 3.72. The first-order valence-electron chi connectivity index (χ1n) is 11.8. The minimum absolute atomic E-state index is 0.218. The van der Waals surface area contributed by atoms with E-state index in [4.69, 9.17) is 4.74 Å². The Morgan fingerprint density at radius 1 is 1.11 bits per heavy atom. The number of nitrogens with zero attached hydrogens (tertiary/aromatic N) is 3. The third kappa shape index (κ3) is 4.69. The maximum Gasteiger partial charge on any atom is 0.416 e. The van der Waals surface area contributed by atoms with E-state index >= 15 is 0 Å². The molecule has 0 radical (unpaired) electrons. The predicted octanol–water partition coefficient (Wildman–Crippen LogP) is 5.94. The second kappa shape index (κ2) is 9.38. The largest absolute Gasteiger partial charge is 0.493 e. The molecule has 1 N–H and O–H groups in total. The summed E-state index contributed by atoms with van der Waals surface area (Å²) in [6.07, 6.45) is -0.867. The van der Waals surface area contributed by atoms with Crippen molar-refractivity contribution < 1.29 is 22.7 Å². The van der Waals surface area contributed by atoms with Crippen molar-refractivity contribution in [1.29, 1.82) is 0 Å². The summed E-state index contributed by atoms with van der Waals surface area (Å²) in [6, 6.07) is 12.9. The minimum Gasteiger partial charge on any atom is -0.493 e. The fraction of sp³-hybridized carbons (Fsp3) is 0.250. The Bertz CT molecular complexity index is 1500. The molecule has 1 aliphatic heterocycles. The number of anilines is 1. The van der Waals surface area contributed by atoms with E-state index in [-0.39, 0.29) is 11.9 Å². The minimum atomic E-state index is -4.48. The number of nitrogens with one attached hydrogen (secondary N) is 1. The van der Waals surface area contributed by atoms with Gasteiger partial charge in [-0.25, -0.2) is 0 Å². The van der Waals surface area contributed by atoms with Crippen molar-refractivity contribution in [1.82, 2.24) is 15.3 Å². The standard InChI is InChI=1S/C28H25F3N4O2/c1-16-12-17(14-18(13-16)28(29,30)31)24-25-20(8-10-32-24)26(35(2)3)21(15-33-25)27(36)34-22-9-11-37-23-7-5-4-6-19(22)23/h4-8,10,12-15,22H,9,11H2,1-3H3,(H,34,36)/t22-/m0/s1. The van der Waals surface area contributed by atoms with E-state index in [9.17, 15) is 18.0 Å². The van der Waals surface area contributed by atoms with Gasteiger partial charge in [0, 0.05) is 49.4 Å². The molecular weight excluding hydrogens is 481 g/mol. The smallest absolute Gasteiger partial charge is 0.416 e. The van der Waals surface area contributed by atoms with E-state index < -0.39 is 11.7 Å². The molecule has 3 heterocycles. The Kier molecular flexibility index (Phi) is 6.23. The summed E-state index contributed by atoms with van der Waals surface area (Å²) in [5.41, 5.74) is 2.64. The Labute approximate surface area is 212 Å². The molecule has 0 spiro atoms. The molecule has 5 rings (SSSR count). The fourth-order valence-electron chi connectivity index (χ4n) is 4.78. The third-order valence-electron chi connectivity index (χ3n) is 6.39. The van der Waals surface area contributed by atoms with Crippen LogP contribution in [0.3, 0.4) is 0 Å². The lowest BCUT2D eigenvalue weighted by Crippen LogP contribution is -2.33. The predicted molar refractivity (Wildman–Crippen MR) is 136 cm³/mol. The fourth-order valence-corrected chi connectivity index (χ4v) is 4.78. The Morgan fingerprint density at radius 3 is 2.65 bits per heavy atom. The number of rotatable bonds is 4. The average Bonchev–Trinajstić information content (AvgIpc) is 2.86. The molecule has 0 unspecified atom stereocenters. The lowest BCUT2D eigenvalue weighted by Gasteiger charge is -2.27. The topological polar surface area (TPSA) is 67.4 Å².